The van der Waals surface area contributed by atoms with Gasteiger partial charge in [-0.05, 0) is 35.7 Å². The summed E-state index contributed by atoms with van der Waals surface area (Å²) in [6.45, 7) is 0.298. The van der Waals surface area contributed by atoms with Gasteiger partial charge in [0.15, 0.2) is 5.69 Å². The summed E-state index contributed by atoms with van der Waals surface area (Å²) in [5.74, 6) is -0.598. The van der Waals surface area contributed by atoms with Gasteiger partial charge in [0.1, 0.15) is 6.04 Å². The molecule has 3 aliphatic rings. The number of aromatic nitrogens is 3. The second-order valence-corrected chi connectivity index (χ2v) is 9.73. The number of rotatable bonds is 4. The maximum atomic E-state index is 13.1. The number of amides is 4. The molecule has 3 aliphatic heterocycles. The Balaban J connectivity index is 1.18. The average molecular weight is 489 g/mol. The molecule has 1 aromatic heterocycles. The van der Waals surface area contributed by atoms with E-state index in [9.17, 15) is 19.2 Å². The molecule has 2 aromatic carbocycles. The predicted octanol–water partition coefficient (Wildman–Crippen LogP) is 1.61. The standard InChI is InChI=1S/C24H20N6O4S/c31-21-8-7-19(23(33)26-21)29-10-13-5-6-14(9-16(13)24(29)34)30-11-17(27-28-30)22(32)25-18-12-35-20-4-2-1-3-15(18)20/h1-6,9,11,18-19H,7-8,10,12H2,(H,25,32)(H,26,31,33). The number of hydrogen-bond acceptors (Lipinski definition) is 7. The maximum Gasteiger partial charge on any atom is 0.273 e. The van der Waals surface area contributed by atoms with Crippen LogP contribution >= 0.6 is 11.8 Å². The Hall–Kier alpha value is -3.99. The van der Waals surface area contributed by atoms with Crippen LogP contribution in [0.25, 0.3) is 5.69 Å². The van der Waals surface area contributed by atoms with Crippen molar-refractivity contribution in [2.75, 3.05) is 5.75 Å². The zero-order valence-electron chi connectivity index (χ0n) is 18.4. The second-order valence-electron chi connectivity index (χ2n) is 8.66. The number of carbonyl (C=O) groups is 4. The minimum atomic E-state index is -0.670. The van der Waals surface area contributed by atoms with Crippen molar-refractivity contribution in [3.8, 4) is 5.69 Å². The lowest BCUT2D eigenvalue weighted by Crippen LogP contribution is -2.52. The van der Waals surface area contributed by atoms with Crippen molar-refractivity contribution in [1.29, 1.82) is 0 Å². The molecule has 3 aromatic rings. The molecule has 10 nitrogen and oxygen atoms in total. The fourth-order valence-corrected chi connectivity index (χ4v) is 5.85. The van der Waals surface area contributed by atoms with Crippen LogP contribution in [-0.4, -0.2) is 55.3 Å². The Kier molecular flexibility index (Phi) is 5.14. The molecule has 0 bridgehead atoms. The van der Waals surface area contributed by atoms with Crippen molar-refractivity contribution in [3.63, 3.8) is 0 Å². The lowest BCUT2D eigenvalue weighted by molar-refractivity contribution is -0.136. The molecule has 11 heteroatoms. The molecule has 1 saturated heterocycles. The van der Waals surface area contributed by atoms with Gasteiger partial charge in [-0.2, -0.15) is 0 Å². The first-order chi connectivity index (χ1) is 17.0. The molecular weight excluding hydrogens is 468 g/mol. The number of benzene rings is 2. The lowest BCUT2D eigenvalue weighted by Gasteiger charge is -2.29. The molecule has 2 unspecified atom stereocenters. The molecule has 4 amide bonds. The highest BCUT2D eigenvalue weighted by Crippen LogP contribution is 2.37. The molecule has 176 valence electrons. The third kappa shape index (κ3) is 3.77. The fourth-order valence-electron chi connectivity index (χ4n) is 4.69. The molecule has 0 saturated carbocycles. The summed E-state index contributed by atoms with van der Waals surface area (Å²) in [7, 11) is 0. The van der Waals surface area contributed by atoms with Crippen LogP contribution in [0.1, 0.15) is 50.9 Å². The van der Waals surface area contributed by atoms with E-state index in [1.165, 1.54) is 15.8 Å². The monoisotopic (exact) mass is 488 g/mol. The highest BCUT2D eigenvalue weighted by Gasteiger charge is 2.39. The number of piperidine rings is 1. The van der Waals surface area contributed by atoms with Gasteiger partial charge >= 0.3 is 0 Å². The molecule has 2 atom stereocenters. The van der Waals surface area contributed by atoms with Crippen molar-refractivity contribution < 1.29 is 19.2 Å². The van der Waals surface area contributed by atoms with Gasteiger partial charge in [-0.25, -0.2) is 4.68 Å². The Morgan fingerprint density at radius 2 is 2.00 bits per heavy atom. The normalized spacial score (nSPS) is 21.0. The number of nitrogens with zero attached hydrogens (tertiary/aromatic N) is 4. The molecule has 0 aliphatic carbocycles. The van der Waals surface area contributed by atoms with Gasteiger partial charge in [-0.15, -0.1) is 16.9 Å². The molecule has 0 radical (unpaired) electrons. The van der Waals surface area contributed by atoms with E-state index in [0.717, 1.165) is 21.8 Å². The van der Waals surface area contributed by atoms with Crippen LogP contribution in [0, 0.1) is 0 Å². The smallest absolute Gasteiger partial charge is 0.273 e. The van der Waals surface area contributed by atoms with E-state index in [4.69, 9.17) is 0 Å². The van der Waals surface area contributed by atoms with E-state index in [2.05, 4.69) is 20.9 Å². The average Bonchev–Trinajstić information content (AvgIpc) is 3.58. The Labute approximate surface area is 204 Å². The molecular formula is C24H20N6O4S. The number of imide groups is 1. The van der Waals surface area contributed by atoms with E-state index in [1.54, 1.807) is 23.9 Å². The lowest BCUT2D eigenvalue weighted by atomic mass is 10.0. The summed E-state index contributed by atoms with van der Waals surface area (Å²) >= 11 is 1.70. The third-order valence-electron chi connectivity index (χ3n) is 6.51. The van der Waals surface area contributed by atoms with Crippen LogP contribution in [0.15, 0.2) is 53.6 Å². The first kappa shape index (κ1) is 21.5. The van der Waals surface area contributed by atoms with Crippen molar-refractivity contribution in [2.24, 2.45) is 0 Å². The molecule has 0 spiro atoms. The van der Waals surface area contributed by atoms with Crippen LogP contribution in [0.3, 0.4) is 0 Å². The Morgan fingerprint density at radius 3 is 2.86 bits per heavy atom. The summed E-state index contributed by atoms with van der Waals surface area (Å²) in [6.07, 6.45) is 2.04. The zero-order valence-corrected chi connectivity index (χ0v) is 19.2. The minimum Gasteiger partial charge on any atom is -0.343 e. The van der Waals surface area contributed by atoms with Gasteiger partial charge in [0.2, 0.25) is 11.8 Å². The highest BCUT2D eigenvalue weighted by molar-refractivity contribution is 7.99. The van der Waals surface area contributed by atoms with Crippen LogP contribution in [0.4, 0.5) is 0 Å². The van der Waals surface area contributed by atoms with Crippen molar-refractivity contribution >= 4 is 35.4 Å². The van der Waals surface area contributed by atoms with Crippen molar-refractivity contribution in [1.82, 2.24) is 30.5 Å². The van der Waals surface area contributed by atoms with E-state index in [0.29, 0.717) is 24.2 Å². The summed E-state index contributed by atoms with van der Waals surface area (Å²) < 4.78 is 1.45. The number of carbonyl (C=O) groups excluding carboxylic acids is 4. The van der Waals surface area contributed by atoms with Crippen LogP contribution in [0.5, 0.6) is 0 Å². The van der Waals surface area contributed by atoms with Gasteiger partial charge in [0, 0.05) is 29.2 Å². The van der Waals surface area contributed by atoms with Crippen molar-refractivity contribution in [3.05, 3.63) is 71.0 Å². The SMILES string of the molecule is O=C1CCC(N2Cc3ccc(-n4cc(C(=O)NC5CSc6ccccc65)nn4)cc3C2=O)C(=O)N1. The topological polar surface area (TPSA) is 126 Å². The second kappa shape index (κ2) is 8.35. The summed E-state index contributed by atoms with van der Waals surface area (Å²) in [5.41, 5.74) is 3.11. The van der Waals surface area contributed by atoms with E-state index < -0.39 is 11.9 Å². The highest BCUT2D eigenvalue weighted by atomic mass is 32.2. The van der Waals surface area contributed by atoms with E-state index >= 15 is 0 Å². The van der Waals surface area contributed by atoms with Gasteiger partial charge in [-0.3, -0.25) is 24.5 Å². The first-order valence-corrected chi connectivity index (χ1v) is 12.2. The summed E-state index contributed by atoms with van der Waals surface area (Å²) in [4.78, 5) is 52.2. The molecule has 1 fully saturated rings. The van der Waals surface area contributed by atoms with Crippen LogP contribution in [0.2, 0.25) is 0 Å². The number of nitrogens with one attached hydrogen (secondary N) is 2. The third-order valence-corrected chi connectivity index (χ3v) is 7.69. The van der Waals surface area contributed by atoms with Gasteiger partial charge in [-0.1, -0.05) is 29.5 Å². The fraction of sp³-hybridized carbons (Fsp3) is 0.250. The van der Waals surface area contributed by atoms with Crippen LogP contribution < -0.4 is 10.6 Å². The molecule has 35 heavy (non-hydrogen) atoms. The van der Waals surface area contributed by atoms with E-state index in [-0.39, 0.29) is 35.9 Å². The predicted molar refractivity (Wildman–Crippen MR) is 125 cm³/mol. The summed E-state index contributed by atoms with van der Waals surface area (Å²) in [6, 6.07) is 12.5. The molecule has 6 rings (SSSR count). The Bertz CT molecular complexity index is 1400. The van der Waals surface area contributed by atoms with Gasteiger partial charge in [0.25, 0.3) is 11.8 Å². The Morgan fingerprint density at radius 1 is 1.14 bits per heavy atom. The first-order valence-electron chi connectivity index (χ1n) is 11.2. The molecule has 4 heterocycles. The zero-order chi connectivity index (χ0) is 24.1. The van der Waals surface area contributed by atoms with E-state index in [1.807, 2.05) is 30.3 Å². The number of hydrogen-bond donors (Lipinski definition) is 2. The number of thioether (sulfide) groups is 1. The van der Waals surface area contributed by atoms with Gasteiger partial charge < -0.3 is 10.2 Å². The summed E-state index contributed by atoms with van der Waals surface area (Å²) in [5, 5.41) is 13.4. The van der Waals surface area contributed by atoms with Crippen LogP contribution in [-0.2, 0) is 16.1 Å². The van der Waals surface area contributed by atoms with Gasteiger partial charge in [0.05, 0.1) is 17.9 Å². The minimum absolute atomic E-state index is 0.0928. The largest absolute Gasteiger partial charge is 0.343 e. The molecule has 2 N–H and O–H groups in total. The quantitative estimate of drug-likeness (QED) is 0.534. The van der Waals surface area contributed by atoms with Crippen molar-refractivity contribution in [2.45, 2.75) is 36.4 Å². The number of fused-ring (bicyclic) bond motifs is 2. The maximum absolute atomic E-state index is 13.1.